The minimum absolute atomic E-state index is 0.652. The summed E-state index contributed by atoms with van der Waals surface area (Å²) in [5.41, 5.74) is 0. The van der Waals surface area contributed by atoms with Crippen molar-refractivity contribution in [1.29, 1.82) is 0 Å². The van der Waals surface area contributed by atoms with Gasteiger partial charge in [-0.15, -0.1) is 10.2 Å². The third kappa shape index (κ3) is 3.45. The van der Waals surface area contributed by atoms with Crippen LogP contribution >= 0.6 is 11.8 Å². The lowest BCUT2D eigenvalue weighted by atomic mass is 10.2. The zero-order valence-electron chi connectivity index (χ0n) is 10.8. The maximum absolute atomic E-state index is 5.42. The van der Waals surface area contributed by atoms with Crippen molar-refractivity contribution < 1.29 is 4.42 Å². The number of nitrogens with zero attached hydrogens (tertiary/aromatic N) is 3. The number of hydrogen-bond acceptors (Lipinski definition) is 5. The van der Waals surface area contributed by atoms with E-state index in [1.165, 1.54) is 25.0 Å². The number of aromatic nitrogens is 2. The molecule has 1 fully saturated rings. The van der Waals surface area contributed by atoms with Crippen LogP contribution in [-0.4, -0.2) is 39.2 Å². The van der Waals surface area contributed by atoms with Crippen LogP contribution in [0, 0.1) is 6.92 Å². The van der Waals surface area contributed by atoms with Crippen molar-refractivity contribution in [2.24, 2.45) is 0 Å². The highest BCUT2D eigenvalue weighted by Gasteiger charge is 2.28. The number of rotatable bonds is 5. The van der Waals surface area contributed by atoms with Gasteiger partial charge in [0.1, 0.15) is 0 Å². The van der Waals surface area contributed by atoms with E-state index >= 15 is 0 Å². The molecule has 2 rings (SSSR count). The minimum Gasteiger partial charge on any atom is -0.424 e. The minimum atomic E-state index is 0.652. The van der Waals surface area contributed by atoms with Crippen LogP contribution < -0.4 is 0 Å². The van der Waals surface area contributed by atoms with E-state index in [9.17, 15) is 0 Å². The van der Waals surface area contributed by atoms with Crippen molar-refractivity contribution in [3.63, 3.8) is 0 Å². The monoisotopic (exact) mass is 255 g/mol. The van der Waals surface area contributed by atoms with Crippen LogP contribution in [0.5, 0.6) is 0 Å². The molecule has 4 nitrogen and oxygen atoms in total. The van der Waals surface area contributed by atoms with Crippen molar-refractivity contribution in [2.75, 3.05) is 12.8 Å². The van der Waals surface area contributed by atoms with Crippen LogP contribution in [0.4, 0.5) is 0 Å². The van der Waals surface area contributed by atoms with E-state index < -0.39 is 0 Å². The average molecular weight is 255 g/mol. The second-order valence-corrected chi connectivity index (χ2v) is 6.25. The van der Waals surface area contributed by atoms with Gasteiger partial charge in [-0.1, -0.05) is 6.92 Å². The van der Waals surface area contributed by atoms with Crippen LogP contribution in [0.2, 0.25) is 0 Å². The molecule has 0 bridgehead atoms. The van der Waals surface area contributed by atoms with Crippen LogP contribution in [0.1, 0.15) is 38.0 Å². The molecule has 0 aromatic carbocycles. The van der Waals surface area contributed by atoms with Gasteiger partial charge in [-0.25, -0.2) is 0 Å². The lowest BCUT2D eigenvalue weighted by Gasteiger charge is -2.22. The van der Waals surface area contributed by atoms with Crippen molar-refractivity contribution >= 4 is 11.8 Å². The van der Waals surface area contributed by atoms with E-state index in [4.69, 9.17) is 4.42 Å². The third-order valence-corrected chi connectivity index (χ3v) is 4.57. The zero-order chi connectivity index (χ0) is 12.3. The SMILES string of the molecule is CCSC1CCC(N(C)Cc2nnc(C)o2)C1. The molecule has 0 radical (unpaired) electrons. The van der Waals surface area contributed by atoms with Gasteiger partial charge in [0.2, 0.25) is 11.8 Å². The second-order valence-electron chi connectivity index (χ2n) is 4.67. The van der Waals surface area contributed by atoms with Crippen LogP contribution in [0.25, 0.3) is 0 Å². The Morgan fingerprint density at radius 3 is 2.88 bits per heavy atom. The Morgan fingerprint density at radius 1 is 1.41 bits per heavy atom. The molecule has 1 aliphatic rings. The molecule has 1 saturated carbocycles. The summed E-state index contributed by atoms with van der Waals surface area (Å²) in [6.07, 6.45) is 3.93. The number of hydrogen-bond donors (Lipinski definition) is 0. The van der Waals surface area contributed by atoms with E-state index in [0.29, 0.717) is 11.9 Å². The Balaban J connectivity index is 1.82. The van der Waals surface area contributed by atoms with Crippen LogP contribution in [0.3, 0.4) is 0 Å². The second kappa shape index (κ2) is 5.87. The molecule has 0 spiro atoms. The normalized spacial score (nSPS) is 24.7. The molecule has 1 aromatic heterocycles. The Kier molecular flexibility index (Phi) is 4.45. The molecule has 1 aliphatic carbocycles. The lowest BCUT2D eigenvalue weighted by molar-refractivity contribution is 0.214. The summed E-state index contributed by atoms with van der Waals surface area (Å²) in [6.45, 7) is 4.85. The van der Waals surface area contributed by atoms with Gasteiger partial charge in [-0.05, 0) is 32.1 Å². The van der Waals surface area contributed by atoms with Gasteiger partial charge >= 0.3 is 0 Å². The molecular formula is C12H21N3OS. The van der Waals surface area contributed by atoms with Crippen molar-refractivity contribution in [2.45, 2.75) is 50.9 Å². The van der Waals surface area contributed by atoms with E-state index in [-0.39, 0.29) is 0 Å². The van der Waals surface area contributed by atoms with Gasteiger partial charge in [0.15, 0.2) is 0 Å². The van der Waals surface area contributed by atoms with Crippen molar-refractivity contribution in [1.82, 2.24) is 15.1 Å². The number of thioether (sulfide) groups is 1. The summed E-state index contributed by atoms with van der Waals surface area (Å²) >= 11 is 2.09. The Bertz CT molecular complexity index is 355. The van der Waals surface area contributed by atoms with Gasteiger partial charge in [0.25, 0.3) is 0 Å². The predicted molar refractivity (Wildman–Crippen MR) is 70.1 cm³/mol. The maximum atomic E-state index is 5.42. The summed E-state index contributed by atoms with van der Waals surface area (Å²) in [5, 5.41) is 8.76. The van der Waals surface area contributed by atoms with Gasteiger partial charge in [0, 0.05) is 18.2 Å². The molecule has 1 aromatic rings. The van der Waals surface area contributed by atoms with Crippen LogP contribution in [-0.2, 0) is 6.54 Å². The summed E-state index contributed by atoms with van der Waals surface area (Å²) in [5.74, 6) is 2.61. The van der Waals surface area contributed by atoms with Crippen molar-refractivity contribution in [3.05, 3.63) is 11.8 Å². The molecule has 0 aliphatic heterocycles. The molecule has 5 heteroatoms. The Morgan fingerprint density at radius 2 is 2.24 bits per heavy atom. The largest absolute Gasteiger partial charge is 0.424 e. The number of aryl methyl sites for hydroxylation is 1. The van der Waals surface area contributed by atoms with Gasteiger partial charge in [-0.2, -0.15) is 11.8 Å². The summed E-state index contributed by atoms with van der Waals surface area (Å²) in [6, 6.07) is 0.672. The molecular weight excluding hydrogens is 234 g/mol. The molecule has 0 N–H and O–H groups in total. The standard InChI is InChI=1S/C12H21N3OS/c1-4-17-11-6-5-10(7-11)15(3)8-12-14-13-9(2)16-12/h10-11H,4-8H2,1-3H3. The van der Waals surface area contributed by atoms with E-state index in [1.54, 1.807) is 0 Å². The highest BCUT2D eigenvalue weighted by atomic mass is 32.2. The van der Waals surface area contributed by atoms with E-state index in [2.05, 4.69) is 40.8 Å². The first-order chi connectivity index (χ1) is 8.19. The predicted octanol–water partition coefficient (Wildman–Crippen LogP) is 2.48. The average Bonchev–Trinajstić information content (AvgIpc) is 2.88. The third-order valence-electron chi connectivity index (χ3n) is 3.34. The van der Waals surface area contributed by atoms with Crippen LogP contribution in [0.15, 0.2) is 4.42 Å². The molecule has 2 atom stereocenters. The first-order valence-electron chi connectivity index (χ1n) is 6.30. The Labute approximate surface area is 107 Å². The summed E-state index contributed by atoms with van der Waals surface area (Å²) in [7, 11) is 2.16. The van der Waals surface area contributed by atoms with Gasteiger partial charge in [-0.3, -0.25) is 4.90 Å². The first kappa shape index (κ1) is 12.9. The fourth-order valence-electron chi connectivity index (χ4n) is 2.45. The molecule has 0 amide bonds. The molecule has 0 saturated heterocycles. The lowest BCUT2D eigenvalue weighted by Crippen LogP contribution is -2.29. The molecule has 17 heavy (non-hydrogen) atoms. The maximum Gasteiger partial charge on any atom is 0.230 e. The van der Waals surface area contributed by atoms with Crippen molar-refractivity contribution in [3.8, 4) is 0 Å². The van der Waals surface area contributed by atoms with Gasteiger partial charge in [0.05, 0.1) is 6.54 Å². The molecule has 1 heterocycles. The zero-order valence-corrected chi connectivity index (χ0v) is 11.7. The summed E-state index contributed by atoms with van der Waals surface area (Å²) < 4.78 is 5.42. The fraction of sp³-hybridized carbons (Fsp3) is 0.833. The molecule has 2 unspecified atom stereocenters. The summed E-state index contributed by atoms with van der Waals surface area (Å²) in [4.78, 5) is 2.35. The fourth-order valence-corrected chi connectivity index (χ4v) is 3.58. The van der Waals surface area contributed by atoms with E-state index in [1.807, 2.05) is 6.92 Å². The first-order valence-corrected chi connectivity index (χ1v) is 7.34. The smallest absolute Gasteiger partial charge is 0.230 e. The highest BCUT2D eigenvalue weighted by Crippen LogP contribution is 2.32. The highest BCUT2D eigenvalue weighted by molar-refractivity contribution is 7.99. The topological polar surface area (TPSA) is 42.2 Å². The van der Waals surface area contributed by atoms with Gasteiger partial charge < -0.3 is 4.42 Å². The van der Waals surface area contributed by atoms with E-state index in [0.717, 1.165) is 17.7 Å². The quantitative estimate of drug-likeness (QED) is 0.808. The Hall–Kier alpha value is -0.550. The molecule has 96 valence electrons.